The zero-order valence-corrected chi connectivity index (χ0v) is 36.8. The smallest absolute Gasteiger partial charge is 0.306 e. The van der Waals surface area contributed by atoms with E-state index >= 15 is 8.78 Å². The minimum absolute atomic E-state index is 0.0809. The van der Waals surface area contributed by atoms with Gasteiger partial charge >= 0.3 is 5.97 Å². The molecule has 6 saturated carbocycles. The quantitative estimate of drug-likeness (QED) is 0.195. The van der Waals surface area contributed by atoms with Crippen molar-refractivity contribution in [2.24, 2.45) is 57.2 Å². The Morgan fingerprint density at radius 3 is 1.93 bits per heavy atom. The number of alkyl halides is 3. The number of aliphatic hydroxyl groups is 2. The Kier molecular flexibility index (Phi) is 11.0. The number of hydrogen-bond acceptors (Lipinski definition) is 9. The van der Waals surface area contributed by atoms with E-state index in [1.165, 1.54) is 18.2 Å². The fourth-order valence-electron chi connectivity index (χ4n) is 14.8. The van der Waals surface area contributed by atoms with Crippen LogP contribution in [0.15, 0.2) is 47.6 Å². The highest BCUT2D eigenvalue weighted by atomic mass is 35.5. The van der Waals surface area contributed by atoms with Gasteiger partial charge in [0.25, 0.3) is 0 Å². The zero-order valence-electron chi connectivity index (χ0n) is 36.0. The molecule has 0 bridgehead atoms. The Labute approximate surface area is 356 Å². The van der Waals surface area contributed by atoms with Crippen molar-refractivity contribution in [2.45, 2.75) is 142 Å². The third kappa shape index (κ3) is 5.58. The van der Waals surface area contributed by atoms with E-state index in [1.807, 2.05) is 34.6 Å². The molecule has 12 heteroatoms. The summed E-state index contributed by atoms with van der Waals surface area (Å²) in [6.45, 7) is 12.1. The molecule has 1 unspecified atom stereocenters. The van der Waals surface area contributed by atoms with Crippen molar-refractivity contribution in [2.75, 3.05) is 12.5 Å². The van der Waals surface area contributed by atoms with Gasteiger partial charge < -0.3 is 14.9 Å². The first-order chi connectivity index (χ1) is 28.0. The van der Waals surface area contributed by atoms with Crippen LogP contribution in [0.5, 0.6) is 0 Å². The largest absolute Gasteiger partial charge is 0.450 e. The molecule has 2 N–H and O–H groups in total. The molecule has 0 aromatic heterocycles. The highest BCUT2D eigenvalue weighted by Crippen LogP contribution is 2.72. The number of aliphatic hydroxyl groups excluding tert-OH is 1. The second-order valence-electron chi connectivity index (χ2n) is 20.4. The fraction of sp³-hybridized carbons (Fsp3) is 0.708. The van der Waals surface area contributed by atoms with Crippen LogP contribution < -0.4 is 0 Å². The van der Waals surface area contributed by atoms with Gasteiger partial charge in [-0.2, -0.15) is 0 Å². The van der Waals surface area contributed by atoms with Crippen molar-refractivity contribution in [1.82, 2.24) is 0 Å². The van der Waals surface area contributed by atoms with E-state index in [1.54, 1.807) is 32.1 Å². The molecular weight excluding hydrogens is 794 g/mol. The molecule has 6 fully saturated rings. The Morgan fingerprint density at radius 2 is 1.35 bits per heavy atom. The first kappa shape index (κ1) is 44.9. The van der Waals surface area contributed by atoms with Crippen LogP contribution in [-0.4, -0.2) is 80.1 Å². The molecule has 9 nitrogen and oxygen atoms in total. The van der Waals surface area contributed by atoms with E-state index < -0.39 is 86.0 Å². The maximum atomic E-state index is 17.1. The van der Waals surface area contributed by atoms with E-state index in [4.69, 9.17) is 16.3 Å². The van der Waals surface area contributed by atoms with Crippen LogP contribution in [0.3, 0.4) is 0 Å². The Bertz CT molecular complexity index is 2040. The van der Waals surface area contributed by atoms with Gasteiger partial charge in [-0.3, -0.25) is 28.8 Å². The van der Waals surface area contributed by atoms with E-state index in [-0.39, 0.29) is 60.4 Å². The third-order valence-electron chi connectivity index (χ3n) is 18.0. The maximum absolute atomic E-state index is 17.1. The lowest BCUT2D eigenvalue weighted by Crippen LogP contribution is -2.68. The SMILES string of the molecule is CCCC(=O)O[C@]1(C(=O)CCl)[C@@H](C)C[C@H]2[C@@H]3CCC4=CC(=O)C=C[C@]4(C)C3(F)C(=O)C[C@@]21C.C[C@@H]1C[C@H]2[C@@H]3CCC4=CC(=O)C=C[C@]4(C)[C@@]3(F)CC[C@]2(C)[C@@]1(O)C(=O)CO. The fourth-order valence-corrected chi connectivity index (χ4v) is 15.0. The van der Waals surface area contributed by atoms with Gasteiger partial charge in [-0.25, -0.2) is 8.78 Å². The first-order valence-electron chi connectivity index (χ1n) is 21.9. The highest BCUT2D eigenvalue weighted by Gasteiger charge is 2.78. The van der Waals surface area contributed by atoms with Gasteiger partial charge in [0.05, 0.1) is 5.88 Å². The Balaban J connectivity index is 0.000000185. The number of ketones is 5. The monoisotopic (exact) mass is 854 g/mol. The number of hydrogen-bond donors (Lipinski definition) is 2. The van der Waals surface area contributed by atoms with Gasteiger partial charge in [-0.1, -0.05) is 57.9 Å². The molecule has 60 heavy (non-hydrogen) atoms. The van der Waals surface area contributed by atoms with Gasteiger partial charge in [0, 0.05) is 46.3 Å². The first-order valence-corrected chi connectivity index (χ1v) is 22.5. The van der Waals surface area contributed by atoms with Gasteiger partial charge in [-0.05, 0) is 120 Å². The molecule has 14 atom stereocenters. The number of Topliss-reactive ketones (excluding diaryl/α,β-unsaturated/α-hetero) is 3. The molecule has 0 saturated heterocycles. The summed E-state index contributed by atoms with van der Waals surface area (Å²) in [4.78, 5) is 76.1. The minimum Gasteiger partial charge on any atom is -0.450 e. The molecule has 8 aliphatic carbocycles. The molecule has 0 aromatic carbocycles. The lowest BCUT2D eigenvalue weighted by atomic mass is 9.45. The van der Waals surface area contributed by atoms with Gasteiger partial charge in [0.2, 0.25) is 0 Å². The van der Waals surface area contributed by atoms with E-state index in [0.717, 1.165) is 5.57 Å². The molecule has 0 aromatic rings. The molecule has 0 radical (unpaired) electrons. The number of carbonyl (C=O) groups excluding carboxylic acids is 6. The molecule has 8 rings (SSSR count). The van der Waals surface area contributed by atoms with E-state index in [9.17, 15) is 39.0 Å². The standard InChI is InChI=1S/C26H32ClFO5.C22H29FO4/c1-5-6-22(32)33-26(21(31)14-27)15(2)11-19-18-8-7-16-12-17(29)9-10-23(16,3)25(18,28)20(30)13-24(19,26)4;1-13-10-17-16-5-4-14-11-15(25)6-7-19(14,2)21(16,23)9-8-20(17,3)22(13,27)18(26)12-24/h9-10,12,15,18-19H,5-8,11,13-14H2,1-4H3;6-7,11,13,16-17,24,27H,4-5,8-10,12H2,1-3H3/t15-,18-,19-,23-,24-,25?,26-;13-,16+,17+,19+,20+,21-,22+/m01/s1. The topological polar surface area (TPSA) is 152 Å². The Morgan fingerprint density at radius 1 is 0.800 bits per heavy atom. The number of rotatable bonds is 7. The lowest BCUT2D eigenvalue weighted by Gasteiger charge is -2.61. The summed E-state index contributed by atoms with van der Waals surface area (Å²) >= 11 is 6.02. The number of esters is 1. The van der Waals surface area contributed by atoms with Crippen molar-refractivity contribution in [1.29, 1.82) is 0 Å². The van der Waals surface area contributed by atoms with Gasteiger partial charge in [-0.15, -0.1) is 11.6 Å². The highest BCUT2D eigenvalue weighted by molar-refractivity contribution is 6.29. The van der Waals surface area contributed by atoms with Crippen LogP contribution in [0.2, 0.25) is 0 Å². The summed E-state index contributed by atoms with van der Waals surface area (Å²) in [5.74, 6) is -4.79. The molecule has 0 aliphatic heterocycles. The normalized spacial score (nSPS) is 47.2. The van der Waals surface area contributed by atoms with Crippen molar-refractivity contribution < 1.29 is 52.5 Å². The van der Waals surface area contributed by atoms with Gasteiger partial charge in [0.1, 0.15) is 17.9 Å². The van der Waals surface area contributed by atoms with Crippen molar-refractivity contribution in [3.05, 3.63) is 47.6 Å². The van der Waals surface area contributed by atoms with Crippen molar-refractivity contribution in [3.8, 4) is 0 Å². The van der Waals surface area contributed by atoms with Crippen LogP contribution in [0.1, 0.15) is 119 Å². The van der Waals surface area contributed by atoms with E-state index in [0.29, 0.717) is 56.9 Å². The summed E-state index contributed by atoms with van der Waals surface area (Å²) < 4.78 is 39.8. The van der Waals surface area contributed by atoms with Crippen LogP contribution in [-0.2, 0) is 33.5 Å². The second kappa shape index (κ2) is 14.7. The third-order valence-corrected chi connectivity index (χ3v) is 18.3. The number of allylic oxidation sites excluding steroid dienone is 8. The molecule has 8 aliphatic rings. The summed E-state index contributed by atoms with van der Waals surface area (Å²) in [6, 6.07) is 0. The average molecular weight is 855 g/mol. The molecule has 328 valence electrons. The molecule has 0 heterocycles. The maximum Gasteiger partial charge on any atom is 0.306 e. The van der Waals surface area contributed by atoms with Gasteiger partial charge in [0.15, 0.2) is 40.2 Å². The van der Waals surface area contributed by atoms with Crippen molar-refractivity contribution >= 4 is 46.5 Å². The summed E-state index contributed by atoms with van der Waals surface area (Å²) in [7, 11) is 0. The summed E-state index contributed by atoms with van der Waals surface area (Å²) in [5.41, 5.74) is -9.14. The summed E-state index contributed by atoms with van der Waals surface area (Å²) in [5, 5.41) is 20.8. The lowest BCUT2D eigenvalue weighted by molar-refractivity contribution is -0.201. The minimum atomic E-state index is -2.19. The molecular formula is C48H61ClF2O9. The Hall–Kier alpha value is -3.15. The number of ether oxygens (including phenoxy) is 1. The van der Waals surface area contributed by atoms with Crippen LogP contribution >= 0.6 is 11.6 Å². The number of halogens is 3. The predicted octanol–water partition coefficient (Wildman–Crippen LogP) is 7.63. The summed E-state index contributed by atoms with van der Waals surface area (Å²) in [6.07, 6.45) is 13.5. The predicted molar refractivity (Wildman–Crippen MR) is 220 cm³/mol. The average Bonchev–Trinajstić information content (AvgIpc) is 3.54. The van der Waals surface area contributed by atoms with Crippen LogP contribution in [0.4, 0.5) is 8.78 Å². The number of carbonyl (C=O) groups is 6. The van der Waals surface area contributed by atoms with E-state index in [2.05, 4.69) is 0 Å². The zero-order chi connectivity index (χ0) is 44.2. The number of fused-ring (bicyclic) bond motifs is 10. The van der Waals surface area contributed by atoms with Crippen LogP contribution in [0.25, 0.3) is 0 Å². The second-order valence-corrected chi connectivity index (χ2v) is 20.6. The van der Waals surface area contributed by atoms with Crippen LogP contribution in [0, 0.1) is 57.2 Å². The molecule has 0 amide bonds. The van der Waals surface area contributed by atoms with Crippen molar-refractivity contribution in [3.63, 3.8) is 0 Å². The molecule has 0 spiro atoms.